The van der Waals surface area contributed by atoms with E-state index in [0.717, 1.165) is 21.9 Å². The SMILES string of the molecule is c1ccc(-c2ccc(-c3ccc4ccc5c(-c6cccc7oc8ccc(-c9ccccc9)cc8c67)ccc6ccc3c4c65)cc2)cc1. The van der Waals surface area contributed by atoms with Crippen LogP contribution in [0.2, 0.25) is 0 Å². The number of furan rings is 1. The molecule has 9 aromatic carbocycles. The van der Waals surface area contributed by atoms with E-state index in [4.69, 9.17) is 4.42 Å². The second-order valence-corrected chi connectivity index (χ2v) is 12.4. The van der Waals surface area contributed by atoms with Crippen LogP contribution in [0.3, 0.4) is 0 Å². The molecule has 0 aliphatic carbocycles. The fourth-order valence-corrected chi connectivity index (χ4v) is 7.62. The van der Waals surface area contributed by atoms with Crippen LogP contribution in [0.4, 0.5) is 0 Å². The van der Waals surface area contributed by atoms with Gasteiger partial charge in [-0.1, -0.05) is 152 Å². The van der Waals surface area contributed by atoms with Crippen molar-refractivity contribution >= 4 is 54.3 Å². The van der Waals surface area contributed by atoms with Crippen LogP contribution in [0.5, 0.6) is 0 Å². The molecule has 0 fully saturated rings. The lowest BCUT2D eigenvalue weighted by atomic mass is 9.86. The Labute approximate surface area is 272 Å². The predicted octanol–water partition coefficient (Wildman–Crippen LogP) is 13.2. The average Bonchev–Trinajstić information content (AvgIpc) is 3.53. The van der Waals surface area contributed by atoms with E-state index in [-0.39, 0.29) is 0 Å². The lowest BCUT2D eigenvalue weighted by Gasteiger charge is -2.17. The van der Waals surface area contributed by atoms with Crippen molar-refractivity contribution < 1.29 is 4.42 Å². The maximum absolute atomic E-state index is 6.43. The summed E-state index contributed by atoms with van der Waals surface area (Å²) in [6.45, 7) is 0. The van der Waals surface area contributed by atoms with E-state index in [1.807, 2.05) is 0 Å². The highest BCUT2D eigenvalue weighted by Gasteiger charge is 2.18. The molecular formula is C46H28O. The maximum atomic E-state index is 6.43. The van der Waals surface area contributed by atoms with Crippen molar-refractivity contribution in [3.63, 3.8) is 0 Å². The summed E-state index contributed by atoms with van der Waals surface area (Å²) in [5.41, 5.74) is 11.6. The van der Waals surface area contributed by atoms with Crippen molar-refractivity contribution in [1.29, 1.82) is 0 Å². The molecule has 218 valence electrons. The Kier molecular flexibility index (Phi) is 5.64. The molecule has 0 saturated heterocycles. The van der Waals surface area contributed by atoms with Crippen LogP contribution in [0, 0.1) is 0 Å². The third kappa shape index (κ3) is 4.03. The van der Waals surface area contributed by atoms with E-state index in [9.17, 15) is 0 Å². The van der Waals surface area contributed by atoms with E-state index in [0.29, 0.717) is 0 Å². The fraction of sp³-hybridized carbons (Fsp3) is 0. The van der Waals surface area contributed by atoms with E-state index in [1.54, 1.807) is 0 Å². The van der Waals surface area contributed by atoms with Crippen molar-refractivity contribution in [1.82, 2.24) is 0 Å². The zero-order valence-electron chi connectivity index (χ0n) is 25.6. The molecule has 1 heteroatoms. The Morgan fingerprint density at radius 2 is 0.830 bits per heavy atom. The van der Waals surface area contributed by atoms with Crippen molar-refractivity contribution in [2.24, 2.45) is 0 Å². The molecule has 0 spiro atoms. The van der Waals surface area contributed by atoms with Crippen LogP contribution in [0.25, 0.3) is 98.8 Å². The van der Waals surface area contributed by atoms with Crippen molar-refractivity contribution in [2.75, 3.05) is 0 Å². The molecule has 0 atom stereocenters. The molecule has 0 N–H and O–H groups in total. The molecular weight excluding hydrogens is 569 g/mol. The average molecular weight is 597 g/mol. The summed E-state index contributed by atoms with van der Waals surface area (Å²) in [4.78, 5) is 0. The number of rotatable bonds is 4. The Hall–Kier alpha value is -6.18. The highest BCUT2D eigenvalue weighted by Crippen LogP contribution is 2.45. The van der Waals surface area contributed by atoms with Gasteiger partial charge in [0.05, 0.1) is 0 Å². The van der Waals surface area contributed by atoms with Crippen LogP contribution in [-0.4, -0.2) is 0 Å². The quantitative estimate of drug-likeness (QED) is 0.184. The Bertz CT molecular complexity index is 2750. The minimum absolute atomic E-state index is 0.910. The number of benzene rings is 9. The van der Waals surface area contributed by atoms with Gasteiger partial charge < -0.3 is 4.42 Å². The third-order valence-corrected chi connectivity index (χ3v) is 9.86. The molecule has 0 saturated carbocycles. The van der Waals surface area contributed by atoms with Gasteiger partial charge in [-0.05, 0) is 95.0 Å². The minimum atomic E-state index is 0.910. The van der Waals surface area contributed by atoms with Crippen LogP contribution in [-0.2, 0) is 0 Å². The summed E-state index contributed by atoms with van der Waals surface area (Å²) in [6.07, 6.45) is 0. The van der Waals surface area contributed by atoms with Crippen LogP contribution in [0.15, 0.2) is 174 Å². The molecule has 1 nitrogen and oxygen atoms in total. The summed E-state index contributed by atoms with van der Waals surface area (Å²) >= 11 is 0. The normalized spacial score (nSPS) is 11.8. The van der Waals surface area contributed by atoms with E-state index < -0.39 is 0 Å². The van der Waals surface area contributed by atoms with Crippen LogP contribution >= 0.6 is 0 Å². The zero-order chi connectivity index (χ0) is 30.9. The molecule has 0 amide bonds. The van der Waals surface area contributed by atoms with E-state index in [2.05, 4.69) is 170 Å². The molecule has 0 bridgehead atoms. The number of fused-ring (bicyclic) bond motifs is 3. The lowest BCUT2D eigenvalue weighted by Crippen LogP contribution is -1.90. The van der Waals surface area contributed by atoms with Crippen molar-refractivity contribution in [3.05, 3.63) is 170 Å². The molecule has 10 aromatic rings. The van der Waals surface area contributed by atoms with Gasteiger partial charge in [-0.3, -0.25) is 0 Å². The Morgan fingerprint density at radius 1 is 0.277 bits per heavy atom. The molecule has 0 unspecified atom stereocenters. The topological polar surface area (TPSA) is 13.1 Å². The zero-order valence-corrected chi connectivity index (χ0v) is 25.6. The number of hydrogen-bond donors (Lipinski definition) is 0. The van der Waals surface area contributed by atoms with Crippen LogP contribution in [0.1, 0.15) is 0 Å². The lowest BCUT2D eigenvalue weighted by molar-refractivity contribution is 0.669. The fourth-order valence-electron chi connectivity index (χ4n) is 7.62. The Morgan fingerprint density at radius 3 is 1.53 bits per heavy atom. The van der Waals surface area contributed by atoms with Gasteiger partial charge in [-0.25, -0.2) is 0 Å². The molecule has 47 heavy (non-hydrogen) atoms. The van der Waals surface area contributed by atoms with Gasteiger partial charge in [0, 0.05) is 10.8 Å². The van der Waals surface area contributed by atoms with Crippen molar-refractivity contribution in [2.45, 2.75) is 0 Å². The summed E-state index contributed by atoms with van der Waals surface area (Å²) in [7, 11) is 0. The van der Waals surface area contributed by atoms with Gasteiger partial charge in [-0.15, -0.1) is 0 Å². The molecule has 10 rings (SSSR count). The maximum Gasteiger partial charge on any atom is 0.136 e. The smallest absolute Gasteiger partial charge is 0.136 e. The minimum Gasteiger partial charge on any atom is -0.456 e. The van der Waals surface area contributed by atoms with Gasteiger partial charge >= 0.3 is 0 Å². The summed E-state index contributed by atoms with van der Waals surface area (Å²) in [5.74, 6) is 0. The first kappa shape index (κ1) is 26.1. The molecule has 1 aromatic heterocycles. The first-order valence-corrected chi connectivity index (χ1v) is 16.2. The number of hydrogen-bond acceptors (Lipinski definition) is 1. The highest BCUT2D eigenvalue weighted by molar-refractivity contribution is 6.28. The predicted molar refractivity (Wildman–Crippen MR) is 199 cm³/mol. The Balaban J connectivity index is 1.18. The monoisotopic (exact) mass is 596 g/mol. The third-order valence-electron chi connectivity index (χ3n) is 9.86. The second kappa shape index (κ2) is 10.2. The molecule has 1 heterocycles. The first-order valence-electron chi connectivity index (χ1n) is 16.2. The van der Waals surface area contributed by atoms with Crippen LogP contribution < -0.4 is 0 Å². The largest absolute Gasteiger partial charge is 0.456 e. The second-order valence-electron chi connectivity index (χ2n) is 12.4. The molecule has 0 radical (unpaired) electrons. The van der Waals surface area contributed by atoms with Gasteiger partial charge in [0.15, 0.2) is 0 Å². The molecule has 0 aliphatic rings. The van der Waals surface area contributed by atoms with Gasteiger partial charge in [0.2, 0.25) is 0 Å². The molecule has 0 aliphatic heterocycles. The highest BCUT2D eigenvalue weighted by atomic mass is 16.3. The van der Waals surface area contributed by atoms with Gasteiger partial charge in [0.25, 0.3) is 0 Å². The van der Waals surface area contributed by atoms with Gasteiger partial charge in [0.1, 0.15) is 11.2 Å². The summed E-state index contributed by atoms with van der Waals surface area (Å²) < 4.78 is 6.43. The van der Waals surface area contributed by atoms with E-state index in [1.165, 1.54) is 76.8 Å². The standard InChI is InChI=1S/C46H28O/c1-3-8-29(9-4-1)31-14-16-32(17-15-31)36-23-18-33-21-26-40-37(24-19-34-20-25-39(36)44(33)45(34)40)38-12-7-13-43-46(38)41-28-35(22-27-42(41)47-43)30-10-5-2-6-11-30/h1-28H. The van der Waals surface area contributed by atoms with Crippen molar-refractivity contribution in [3.8, 4) is 44.5 Å². The van der Waals surface area contributed by atoms with Gasteiger partial charge in [-0.2, -0.15) is 0 Å². The summed E-state index contributed by atoms with van der Waals surface area (Å²) in [5, 5.41) is 10.0. The van der Waals surface area contributed by atoms with E-state index >= 15 is 0 Å². The first-order chi connectivity index (χ1) is 23.3. The summed E-state index contributed by atoms with van der Waals surface area (Å²) in [6, 6.07) is 61.5.